The number of methoxy groups -OCH3 is 1. The number of thiophene rings is 1. The van der Waals surface area contributed by atoms with Crippen LogP contribution in [0.1, 0.15) is 22.2 Å². The van der Waals surface area contributed by atoms with Crippen LogP contribution in [0.15, 0.2) is 18.2 Å². The van der Waals surface area contributed by atoms with Gasteiger partial charge in [0.25, 0.3) is 5.91 Å². The number of amides is 2. The summed E-state index contributed by atoms with van der Waals surface area (Å²) in [4.78, 5) is 35.0. The average molecular weight is 369 g/mol. The third-order valence-electron chi connectivity index (χ3n) is 3.09. The van der Waals surface area contributed by atoms with Gasteiger partial charge in [0.2, 0.25) is 0 Å². The molecule has 1 aromatic carbocycles. The van der Waals surface area contributed by atoms with Crippen LogP contribution >= 0.6 is 11.3 Å². The molecule has 2 amide bonds. The number of nitrogens with one attached hydrogen (secondary N) is 1. The number of ether oxygens (including phenoxy) is 3. The highest BCUT2D eigenvalue weighted by molar-refractivity contribution is 7.21. The minimum Gasteiger partial charge on any atom is -0.451 e. The number of hydrogen-bond donors (Lipinski definition) is 1. The third-order valence-corrected chi connectivity index (χ3v) is 4.27. The summed E-state index contributed by atoms with van der Waals surface area (Å²) in [5.74, 6) is -2.10. The quantitative estimate of drug-likeness (QED) is 0.787. The Balaban J connectivity index is 2.14. The third kappa shape index (κ3) is 4.52. The van der Waals surface area contributed by atoms with Gasteiger partial charge in [-0.1, -0.05) is 6.07 Å². The summed E-state index contributed by atoms with van der Waals surface area (Å²) in [6.45, 7) is 1.04. The minimum atomic E-state index is -0.924. The molecule has 0 unspecified atom stereocenters. The summed E-state index contributed by atoms with van der Waals surface area (Å²) in [5, 5.41) is 2.19. The summed E-state index contributed by atoms with van der Waals surface area (Å²) in [7, 11) is 1.42. The maximum Gasteiger partial charge on any atom is 0.413 e. The van der Waals surface area contributed by atoms with E-state index >= 15 is 0 Å². The first kappa shape index (κ1) is 18.8. The molecule has 0 aliphatic rings. The van der Waals surface area contributed by atoms with E-state index in [-0.39, 0.29) is 23.5 Å². The molecule has 0 saturated carbocycles. The molecule has 25 heavy (non-hydrogen) atoms. The predicted octanol–water partition coefficient (Wildman–Crippen LogP) is 2.62. The zero-order valence-electron chi connectivity index (χ0n) is 13.6. The summed E-state index contributed by atoms with van der Waals surface area (Å²) < 4.78 is 29.1. The molecule has 0 radical (unpaired) electrons. The Morgan fingerprint density at radius 3 is 2.68 bits per heavy atom. The molecular weight excluding hydrogens is 353 g/mol. The van der Waals surface area contributed by atoms with Gasteiger partial charge < -0.3 is 14.2 Å². The fourth-order valence-electron chi connectivity index (χ4n) is 2.13. The molecule has 0 bridgehead atoms. The number of alkyl carbamates (subject to hydrolysis) is 1. The molecule has 134 valence electrons. The van der Waals surface area contributed by atoms with Crippen molar-refractivity contribution >= 4 is 39.4 Å². The van der Waals surface area contributed by atoms with Crippen LogP contribution in [0.4, 0.5) is 9.18 Å². The first-order valence-corrected chi connectivity index (χ1v) is 8.12. The minimum absolute atomic E-state index is 0.0143. The van der Waals surface area contributed by atoms with Crippen LogP contribution in [0.25, 0.3) is 10.1 Å². The number of rotatable bonds is 6. The van der Waals surface area contributed by atoms with Crippen LogP contribution in [0, 0.1) is 5.82 Å². The lowest BCUT2D eigenvalue weighted by atomic mass is 10.1. The number of hydrogen-bond acceptors (Lipinski definition) is 7. The van der Waals surface area contributed by atoms with Gasteiger partial charge in [-0.3, -0.25) is 10.1 Å². The Labute approximate surface area is 146 Å². The summed E-state index contributed by atoms with van der Waals surface area (Å²) in [5.41, 5.74) is 0.358. The Kier molecular flexibility index (Phi) is 6.43. The molecule has 0 atom stereocenters. The fourth-order valence-corrected chi connectivity index (χ4v) is 3.24. The zero-order chi connectivity index (χ0) is 18.4. The normalized spacial score (nSPS) is 10.5. The van der Waals surface area contributed by atoms with Gasteiger partial charge in [0, 0.05) is 22.8 Å². The van der Waals surface area contributed by atoms with E-state index in [0.29, 0.717) is 10.3 Å². The van der Waals surface area contributed by atoms with Gasteiger partial charge in [-0.15, -0.1) is 11.3 Å². The number of esters is 1. The van der Waals surface area contributed by atoms with Crippen molar-refractivity contribution in [3.63, 3.8) is 0 Å². The van der Waals surface area contributed by atoms with E-state index in [1.54, 1.807) is 13.0 Å². The second-order valence-corrected chi connectivity index (χ2v) is 5.85. The van der Waals surface area contributed by atoms with Gasteiger partial charge in [-0.2, -0.15) is 0 Å². The van der Waals surface area contributed by atoms with Crippen LogP contribution in [0.5, 0.6) is 0 Å². The number of halogens is 1. The maximum atomic E-state index is 14.1. The molecule has 1 aromatic heterocycles. The van der Waals surface area contributed by atoms with Crippen molar-refractivity contribution in [3.8, 4) is 0 Å². The molecule has 0 spiro atoms. The number of benzene rings is 1. The number of imide groups is 1. The van der Waals surface area contributed by atoms with E-state index in [2.05, 4.69) is 4.74 Å². The Morgan fingerprint density at radius 2 is 2.00 bits per heavy atom. The van der Waals surface area contributed by atoms with Crippen molar-refractivity contribution in [1.29, 1.82) is 0 Å². The van der Waals surface area contributed by atoms with Crippen LogP contribution in [0.2, 0.25) is 0 Å². The van der Waals surface area contributed by atoms with Crippen LogP contribution in [0.3, 0.4) is 0 Å². The van der Waals surface area contributed by atoms with Gasteiger partial charge in [-0.05, 0) is 19.1 Å². The van der Waals surface area contributed by atoms with E-state index in [1.807, 2.05) is 5.32 Å². The van der Waals surface area contributed by atoms with Crippen LogP contribution in [-0.4, -0.2) is 38.3 Å². The van der Waals surface area contributed by atoms with Crippen molar-refractivity contribution in [1.82, 2.24) is 5.32 Å². The zero-order valence-corrected chi connectivity index (χ0v) is 14.4. The van der Waals surface area contributed by atoms with E-state index in [9.17, 15) is 18.8 Å². The lowest BCUT2D eigenvalue weighted by Crippen LogP contribution is -2.34. The first-order valence-electron chi connectivity index (χ1n) is 7.30. The highest BCUT2D eigenvalue weighted by Crippen LogP contribution is 2.34. The number of fused-ring (bicyclic) bond motifs is 1. The fraction of sp³-hybridized carbons (Fsp3) is 0.312. The highest BCUT2D eigenvalue weighted by atomic mass is 32.1. The van der Waals surface area contributed by atoms with E-state index < -0.39 is 30.4 Å². The molecule has 7 nitrogen and oxygen atoms in total. The van der Waals surface area contributed by atoms with Crippen LogP contribution < -0.4 is 5.32 Å². The Hall–Kier alpha value is -2.52. The van der Waals surface area contributed by atoms with E-state index in [0.717, 1.165) is 11.3 Å². The van der Waals surface area contributed by atoms with Crippen molar-refractivity contribution < 1.29 is 33.0 Å². The molecule has 1 heterocycles. The summed E-state index contributed by atoms with van der Waals surface area (Å²) >= 11 is 1.04. The van der Waals surface area contributed by atoms with E-state index in [1.165, 1.54) is 19.2 Å². The molecule has 0 aliphatic carbocycles. The largest absolute Gasteiger partial charge is 0.451 e. The van der Waals surface area contributed by atoms with E-state index in [4.69, 9.17) is 9.47 Å². The van der Waals surface area contributed by atoms with Gasteiger partial charge >= 0.3 is 12.1 Å². The SMILES string of the molecule is CCOC(=O)NC(=O)COC(=O)c1sc2cccc(F)c2c1COC. The van der Waals surface area contributed by atoms with Gasteiger partial charge in [-0.25, -0.2) is 14.0 Å². The molecule has 2 aromatic rings. The van der Waals surface area contributed by atoms with Gasteiger partial charge in [0.15, 0.2) is 6.61 Å². The molecule has 9 heteroatoms. The van der Waals surface area contributed by atoms with Crippen molar-refractivity contribution in [2.45, 2.75) is 13.5 Å². The Bertz CT molecular complexity index is 803. The lowest BCUT2D eigenvalue weighted by molar-refractivity contribution is -0.123. The predicted molar refractivity (Wildman–Crippen MR) is 87.9 cm³/mol. The molecule has 1 N–H and O–H groups in total. The standard InChI is InChI=1S/C16H16FNO6S/c1-3-23-16(21)18-12(19)8-24-15(20)14-9(7-22-2)13-10(17)5-4-6-11(13)25-14/h4-6H,3,7-8H2,1-2H3,(H,18,19,21). The second kappa shape index (κ2) is 8.54. The molecule has 0 saturated heterocycles. The topological polar surface area (TPSA) is 90.9 Å². The molecule has 2 rings (SSSR count). The van der Waals surface area contributed by atoms with Gasteiger partial charge in [0.1, 0.15) is 10.7 Å². The summed E-state index contributed by atoms with van der Waals surface area (Å²) in [6, 6.07) is 4.50. The molecular formula is C16H16FNO6S. The highest BCUT2D eigenvalue weighted by Gasteiger charge is 2.22. The maximum absolute atomic E-state index is 14.1. The number of carbonyl (C=O) groups is 3. The first-order chi connectivity index (χ1) is 12.0. The Morgan fingerprint density at radius 1 is 1.24 bits per heavy atom. The van der Waals surface area contributed by atoms with Gasteiger partial charge in [0.05, 0.1) is 13.2 Å². The number of carbonyl (C=O) groups excluding carboxylic acids is 3. The average Bonchev–Trinajstić information content (AvgIpc) is 2.93. The molecule has 0 aliphatic heterocycles. The van der Waals surface area contributed by atoms with Crippen molar-refractivity contribution in [3.05, 3.63) is 34.5 Å². The second-order valence-electron chi connectivity index (χ2n) is 4.80. The van der Waals surface area contributed by atoms with Crippen molar-refractivity contribution in [2.75, 3.05) is 20.3 Å². The smallest absolute Gasteiger partial charge is 0.413 e. The van der Waals surface area contributed by atoms with Crippen LogP contribution in [-0.2, 0) is 25.6 Å². The van der Waals surface area contributed by atoms with Crippen molar-refractivity contribution in [2.24, 2.45) is 0 Å². The summed E-state index contributed by atoms with van der Waals surface area (Å²) in [6.07, 6.45) is -0.924. The monoisotopic (exact) mass is 369 g/mol. The lowest BCUT2D eigenvalue weighted by Gasteiger charge is -2.06. The molecule has 0 fully saturated rings.